The van der Waals surface area contributed by atoms with E-state index in [9.17, 15) is 9.59 Å². The van der Waals surface area contributed by atoms with Crippen LogP contribution in [0.3, 0.4) is 0 Å². The molecule has 0 saturated carbocycles. The molecule has 3 aromatic heterocycles. The van der Waals surface area contributed by atoms with E-state index in [1.54, 1.807) is 20.3 Å². The van der Waals surface area contributed by atoms with Crippen LogP contribution < -0.4 is 20.7 Å². The second-order valence-corrected chi connectivity index (χ2v) is 9.68. The minimum Gasteiger partial charge on any atom is -0.496 e. The molecule has 9 heteroatoms. The molecule has 1 N–H and O–H groups in total. The van der Waals surface area contributed by atoms with Crippen molar-refractivity contribution in [1.29, 1.82) is 0 Å². The molecule has 4 aromatic rings. The highest BCUT2D eigenvalue weighted by atomic mass is 32.1. The summed E-state index contributed by atoms with van der Waals surface area (Å²) in [4.78, 5) is 35.5. The third kappa shape index (κ3) is 4.21. The number of thiophene rings is 1. The summed E-state index contributed by atoms with van der Waals surface area (Å²) in [6, 6.07) is 11.9. The van der Waals surface area contributed by atoms with Gasteiger partial charge in [0.15, 0.2) is 0 Å². The molecule has 1 aromatic carbocycles. The Kier molecular flexibility index (Phi) is 6.38. The number of para-hydroxylation sites is 1. The summed E-state index contributed by atoms with van der Waals surface area (Å²) in [5, 5.41) is 0. The quantitative estimate of drug-likeness (QED) is 0.388. The van der Waals surface area contributed by atoms with Crippen LogP contribution >= 0.6 is 11.3 Å². The lowest BCUT2D eigenvalue weighted by molar-refractivity contribution is 0.320. The van der Waals surface area contributed by atoms with Crippen LogP contribution in [0.4, 0.5) is 0 Å². The monoisotopic (exact) mass is 480 g/mol. The maximum absolute atomic E-state index is 13.1. The predicted octanol–water partition coefficient (Wildman–Crippen LogP) is 3.59. The van der Waals surface area contributed by atoms with Crippen molar-refractivity contribution < 1.29 is 9.47 Å². The zero-order valence-corrected chi connectivity index (χ0v) is 20.2. The van der Waals surface area contributed by atoms with E-state index < -0.39 is 0 Å². The van der Waals surface area contributed by atoms with E-state index >= 15 is 0 Å². The molecule has 4 heterocycles. The first-order valence-corrected chi connectivity index (χ1v) is 12.4. The zero-order chi connectivity index (χ0) is 23.7. The van der Waals surface area contributed by atoms with E-state index in [-0.39, 0.29) is 11.2 Å². The van der Waals surface area contributed by atoms with E-state index in [2.05, 4.69) is 27.0 Å². The Morgan fingerprint density at radius 1 is 1.09 bits per heavy atom. The van der Waals surface area contributed by atoms with Gasteiger partial charge >= 0.3 is 5.69 Å². The van der Waals surface area contributed by atoms with Crippen molar-refractivity contribution in [3.05, 3.63) is 62.8 Å². The number of aromatic amines is 1. The van der Waals surface area contributed by atoms with Crippen molar-refractivity contribution in [3.8, 4) is 11.6 Å². The summed E-state index contributed by atoms with van der Waals surface area (Å²) >= 11 is 1.35. The molecule has 1 aliphatic heterocycles. The van der Waals surface area contributed by atoms with Gasteiger partial charge in [0.25, 0.3) is 5.56 Å². The van der Waals surface area contributed by atoms with Gasteiger partial charge in [-0.05, 0) is 50.0 Å². The van der Waals surface area contributed by atoms with Crippen molar-refractivity contribution in [2.24, 2.45) is 0 Å². The van der Waals surface area contributed by atoms with Crippen LogP contribution in [-0.4, -0.2) is 53.3 Å². The maximum atomic E-state index is 13.1. The first-order chi connectivity index (χ1) is 16.6. The van der Waals surface area contributed by atoms with Gasteiger partial charge in [-0.25, -0.2) is 9.78 Å². The number of fused-ring (bicyclic) bond motifs is 3. The average molecular weight is 481 g/mol. The van der Waals surface area contributed by atoms with Crippen LogP contribution in [0.25, 0.3) is 20.4 Å². The first kappa shape index (κ1) is 22.6. The molecule has 0 spiro atoms. The van der Waals surface area contributed by atoms with Crippen LogP contribution in [0.1, 0.15) is 30.7 Å². The molecule has 178 valence electrons. The fraction of sp³-hybridized carbons (Fsp3) is 0.400. The van der Waals surface area contributed by atoms with Gasteiger partial charge in [0.2, 0.25) is 5.88 Å². The van der Waals surface area contributed by atoms with E-state index in [0.717, 1.165) is 49.3 Å². The normalized spacial score (nSPS) is 16.5. The van der Waals surface area contributed by atoms with Crippen LogP contribution in [0.5, 0.6) is 11.6 Å². The number of rotatable bonds is 8. The number of ether oxygens (including phenoxy) is 2. The largest absolute Gasteiger partial charge is 0.496 e. The molecule has 0 radical (unpaired) electrons. The summed E-state index contributed by atoms with van der Waals surface area (Å²) in [6.45, 7) is 3.41. The third-order valence-corrected chi connectivity index (χ3v) is 7.72. The second-order valence-electron chi connectivity index (χ2n) is 8.63. The van der Waals surface area contributed by atoms with Crippen molar-refractivity contribution in [2.45, 2.75) is 31.7 Å². The molecule has 1 atom stereocenters. The Hall–Kier alpha value is -3.17. The van der Waals surface area contributed by atoms with Gasteiger partial charge < -0.3 is 19.4 Å². The van der Waals surface area contributed by atoms with Crippen LogP contribution in [-0.2, 0) is 6.54 Å². The molecular formula is C25H28N4O4S. The second kappa shape index (κ2) is 9.60. The highest BCUT2D eigenvalue weighted by Crippen LogP contribution is 2.33. The lowest BCUT2D eigenvalue weighted by Gasteiger charge is -2.17. The van der Waals surface area contributed by atoms with Gasteiger partial charge in [-0.3, -0.25) is 9.36 Å². The molecule has 1 saturated heterocycles. The number of H-pyrrole nitrogens is 1. The minimum atomic E-state index is -0.390. The molecule has 8 nitrogen and oxygen atoms in total. The Bertz CT molecular complexity index is 1440. The first-order valence-electron chi connectivity index (χ1n) is 11.5. The van der Waals surface area contributed by atoms with Gasteiger partial charge in [0.05, 0.1) is 24.4 Å². The molecular weight excluding hydrogens is 452 g/mol. The summed E-state index contributed by atoms with van der Waals surface area (Å²) in [5.74, 6) is 1.88. The standard InChI is InChI=1S/C25H28N4O4S/c1-32-18-8-4-3-7-17(18)16-11-14-28(15-16)12-5-6-13-29-24(30)23-22(27-25(29)31)21-19(34-23)9-10-20(26-21)33-2/h3-4,7-10,16H,5-6,11-15H2,1-2H3,(H,27,31)/t16-/m0/s1. The number of benzene rings is 1. The lowest BCUT2D eigenvalue weighted by atomic mass is 9.97. The van der Waals surface area contributed by atoms with E-state index in [1.807, 2.05) is 18.2 Å². The van der Waals surface area contributed by atoms with Crippen LogP contribution in [0, 0.1) is 0 Å². The SMILES string of the molecule is COc1ccc2sc3c(=O)n(CCCCN4CC[C@H](c5ccccc5OC)C4)c(=O)[nH]c3c2n1. The smallest absolute Gasteiger partial charge is 0.328 e. The fourth-order valence-corrected chi connectivity index (χ4v) is 5.88. The highest BCUT2D eigenvalue weighted by Gasteiger charge is 2.25. The number of hydrogen-bond donors (Lipinski definition) is 1. The van der Waals surface area contributed by atoms with Crippen LogP contribution in [0.15, 0.2) is 46.0 Å². The maximum Gasteiger partial charge on any atom is 0.328 e. The summed E-state index contributed by atoms with van der Waals surface area (Å²) in [6.07, 6.45) is 2.80. The molecule has 1 aliphatic rings. The topological polar surface area (TPSA) is 89.5 Å². The van der Waals surface area contributed by atoms with Gasteiger partial charge in [0, 0.05) is 25.1 Å². The summed E-state index contributed by atoms with van der Waals surface area (Å²) < 4.78 is 13.4. The highest BCUT2D eigenvalue weighted by molar-refractivity contribution is 7.25. The van der Waals surface area contributed by atoms with Crippen molar-refractivity contribution in [3.63, 3.8) is 0 Å². The number of nitrogens with zero attached hydrogens (tertiary/aromatic N) is 3. The lowest BCUT2D eigenvalue weighted by Crippen LogP contribution is -2.34. The fourth-order valence-electron chi connectivity index (χ4n) is 4.83. The van der Waals surface area contributed by atoms with Crippen molar-refractivity contribution >= 4 is 31.8 Å². The van der Waals surface area contributed by atoms with Crippen molar-refractivity contribution in [2.75, 3.05) is 33.9 Å². The summed E-state index contributed by atoms with van der Waals surface area (Å²) in [5.41, 5.74) is 1.72. The number of aromatic nitrogens is 3. The average Bonchev–Trinajstić information content (AvgIpc) is 3.48. The Morgan fingerprint density at radius 3 is 2.74 bits per heavy atom. The van der Waals surface area contributed by atoms with E-state index in [0.29, 0.717) is 34.1 Å². The number of hydrogen-bond acceptors (Lipinski definition) is 7. The third-order valence-electron chi connectivity index (χ3n) is 6.59. The predicted molar refractivity (Wildman–Crippen MR) is 135 cm³/mol. The van der Waals surface area contributed by atoms with Crippen LogP contribution in [0.2, 0.25) is 0 Å². The Balaban J connectivity index is 1.23. The minimum absolute atomic E-state index is 0.252. The Morgan fingerprint density at radius 2 is 1.91 bits per heavy atom. The molecule has 34 heavy (non-hydrogen) atoms. The molecule has 0 bridgehead atoms. The van der Waals surface area contributed by atoms with Gasteiger partial charge in [-0.15, -0.1) is 11.3 Å². The zero-order valence-electron chi connectivity index (χ0n) is 19.4. The van der Waals surface area contributed by atoms with Gasteiger partial charge in [0.1, 0.15) is 16.0 Å². The number of pyridine rings is 1. The molecule has 0 unspecified atom stereocenters. The number of likely N-dealkylation sites (tertiary alicyclic amines) is 1. The van der Waals surface area contributed by atoms with Crippen molar-refractivity contribution in [1.82, 2.24) is 19.4 Å². The van der Waals surface area contributed by atoms with E-state index in [1.165, 1.54) is 21.5 Å². The summed E-state index contributed by atoms with van der Waals surface area (Å²) in [7, 11) is 3.26. The molecule has 0 amide bonds. The molecule has 1 fully saturated rings. The number of methoxy groups -OCH3 is 2. The molecule has 0 aliphatic carbocycles. The molecule has 5 rings (SSSR count). The van der Waals surface area contributed by atoms with E-state index in [4.69, 9.17) is 9.47 Å². The Labute approximate surface area is 200 Å². The van der Waals surface area contributed by atoms with Gasteiger partial charge in [-0.2, -0.15) is 0 Å². The number of nitrogens with one attached hydrogen (secondary N) is 1. The number of unbranched alkanes of at least 4 members (excludes halogenated alkanes) is 1. The van der Waals surface area contributed by atoms with Gasteiger partial charge in [-0.1, -0.05) is 18.2 Å².